The monoisotopic (exact) mass is 278 g/mol. The number of benzene rings is 2. The second-order valence-electron chi connectivity index (χ2n) is 5.03. The summed E-state index contributed by atoms with van der Waals surface area (Å²) in [5, 5.41) is 11.8. The molecule has 1 amide bonds. The summed E-state index contributed by atoms with van der Waals surface area (Å²) in [6, 6.07) is 16.9. The predicted octanol–water partition coefficient (Wildman–Crippen LogP) is 3.75. The number of amides is 1. The van der Waals surface area contributed by atoms with Crippen molar-refractivity contribution in [2.24, 2.45) is 0 Å². The lowest BCUT2D eigenvalue weighted by atomic mass is 10.0. The SMILES string of the molecule is CC[C@@H](NC(=O)c1ccc(C#N)cc1)c1ccc(C)cc1. The van der Waals surface area contributed by atoms with E-state index in [9.17, 15) is 4.79 Å². The minimum atomic E-state index is -0.119. The minimum absolute atomic E-state index is 0.00579. The van der Waals surface area contributed by atoms with Crippen LogP contribution in [0.25, 0.3) is 0 Å². The van der Waals surface area contributed by atoms with Crippen LogP contribution in [0, 0.1) is 18.3 Å². The molecule has 0 aromatic heterocycles. The van der Waals surface area contributed by atoms with Crippen molar-refractivity contribution in [3.05, 3.63) is 70.8 Å². The Balaban J connectivity index is 2.12. The van der Waals surface area contributed by atoms with Gasteiger partial charge in [-0.05, 0) is 43.2 Å². The van der Waals surface area contributed by atoms with E-state index in [1.807, 2.05) is 44.2 Å². The van der Waals surface area contributed by atoms with Crippen molar-refractivity contribution in [1.29, 1.82) is 5.26 Å². The molecule has 0 bridgehead atoms. The van der Waals surface area contributed by atoms with E-state index in [0.29, 0.717) is 11.1 Å². The van der Waals surface area contributed by atoms with Gasteiger partial charge in [0.05, 0.1) is 17.7 Å². The third-order valence-electron chi connectivity index (χ3n) is 3.47. The zero-order valence-electron chi connectivity index (χ0n) is 12.3. The molecule has 3 nitrogen and oxygen atoms in total. The molecule has 21 heavy (non-hydrogen) atoms. The number of nitriles is 1. The second kappa shape index (κ2) is 6.71. The third kappa shape index (κ3) is 3.70. The Labute approximate surface area is 125 Å². The van der Waals surface area contributed by atoms with Crippen molar-refractivity contribution >= 4 is 5.91 Å². The van der Waals surface area contributed by atoms with Crippen LogP contribution in [0.15, 0.2) is 48.5 Å². The fourth-order valence-corrected chi connectivity index (χ4v) is 2.16. The van der Waals surface area contributed by atoms with Crippen molar-refractivity contribution in [1.82, 2.24) is 5.32 Å². The number of rotatable bonds is 4. The Kier molecular flexibility index (Phi) is 4.73. The van der Waals surface area contributed by atoms with Crippen molar-refractivity contribution in [2.75, 3.05) is 0 Å². The number of nitrogens with zero attached hydrogens (tertiary/aromatic N) is 1. The summed E-state index contributed by atoms with van der Waals surface area (Å²) in [6.45, 7) is 4.09. The van der Waals surface area contributed by atoms with Gasteiger partial charge in [0.1, 0.15) is 0 Å². The normalized spacial score (nSPS) is 11.5. The van der Waals surface area contributed by atoms with Gasteiger partial charge in [-0.3, -0.25) is 4.79 Å². The Bertz CT molecular complexity index is 651. The molecule has 0 unspecified atom stereocenters. The van der Waals surface area contributed by atoms with Crippen molar-refractivity contribution in [2.45, 2.75) is 26.3 Å². The van der Waals surface area contributed by atoms with Crippen LogP contribution in [0.1, 0.15) is 46.4 Å². The van der Waals surface area contributed by atoms with Crippen LogP contribution in [-0.4, -0.2) is 5.91 Å². The summed E-state index contributed by atoms with van der Waals surface area (Å²) < 4.78 is 0. The van der Waals surface area contributed by atoms with Gasteiger partial charge in [0.15, 0.2) is 0 Å². The molecule has 1 N–H and O–H groups in total. The second-order valence-corrected chi connectivity index (χ2v) is 5.03. The van der Waals surface area contributed by atoms with Crippen LogP contribution in [-0.2, 0) is 0 Å². The molecule has 2 rings (SSSR count). The fraction of sp³-hybridized carbons (Fsp3) is 0.222. The topological polar surface area (TPSA) is 52.9 Å². The molecule has 3 heteroatoms. The first-order valence-electron chi connectivity index (χ1n) is 7.01. The molecule has 2 aromatic rings. The number of hydrogen-bond acceptors (Lipinski definition) is 2. The molecule has 0 radical (unpaired) electrons. The van der Waals surface area contributed by atoms with Gasteiger partial charge < -0.3 is 5.32 Å². The van der Waals surface area contributed by atoms with E-state index < -0.39 is 0 Å². The fourth-order valence-electron chi connectivity index (χ4n) is 2.16. The van der Waals surface area contributed by atoms with Gasteiger partial charge >= 0.3 is 0 Å². The molecule has 1 atom stereocenters. The third-order valence-corrected chi connectivity index (χ3v) is 3.47. The van der Waals surface area contributed by atoms with Crippen LogP contribution in [0.4, 0.5) is 0 Å². The Hall–Kier alpha value is -2.60. The van der Waals surface area contributed by atoms with Crippen LogP contribution in [0.2, 0.25) is 0 Å². The number of nitrogens with one attached hydrogen (secondary N) is 1. The summed E-state index contributed by atoms with van der Waals surface area (Å²) >= 11 is 0. The summed E-state index contributed by atoms with van der Waals surface area (Å²) in [7, 11) is 0. The van der Waals surface area contributed by atoms with Crippen LogP contribution in [0.3, 0.4) is 0 Å². The molecule has 0 saturated carbocycles. The molecule has 0 aliphatic rings. The molecule has 0 fully saturated rings. The van der Waals surface area contributed by atoms with E-state index >= 15 is 0 Å². The van der Waals surface area contributed by atoms with E-state index in [2.05, 4.69) is 5.32 Å². The molecule has 0 heterocycles. The molecule has 0 aliphatic carbocycles. The molecule has 0 spiro atoms. The number of carbonyl (C=O) groups is 1. The van der Waals surface area contributed by atoms with E-state index in [4.69, 9.17) is 5.26 Å². The highest BCUT2D eigenvalue weighted by molar-refractivity contribution is 5.94. The number of aryl methyl sites for hydroxylation is 1. The first-order chi connectivity index (χ1) is 10.1. The smallest absolute Gasteiger partial charge is 0.251 e. The highest BCUT2D eigenvalue weighted by Crippen LogP contribution is 2.18. The molecular formula is C18H18N2O. The number of hydrogen-bond donors (Lipinski definition) is 1. The predicted molar refractivity (Wildman–Crippen MR) is 82.8 cm³/mol. The van der Waals surface area contributed by atoms with Crippen molar-refractivity contribution < 1.29 is 4.79 Å². The van der Waals surface area contributed by atoms with E-state index in [1.165, 1.54) is 5.56 Å². The maximum atomic E-state index is 12.3. The van der Waals surface area contributed by atoms with Crippen LogP contribution >= 0.6 is 0 Å². The average molecular weight is 278 g/mol. The van der Waals surface area contributed by atoms with E-state index in [-0.39, 0.29) is 11.9 Å². The summed E-state index contributed by atoms with van der Waals surface area (Å²) in [5.41, 5.74) is 3.42. The van der Waals surface area contributed by atoms with Gasteiger partial charge in [-0.15, -0.1) is 0 Å². The molecule has 106 valence electrons. The summed E-state index contributed by atoms with van der Waals surface area (Å²) in [6.07, 6.45) is 0.824. The maximum Gasteiger partial charge on any atom is 0.251 e. The highest BCUT2D eigenvalue weighted by atomic mass is 16.1. The van der Waals surface area contributed by atoms with Gasteiger partial charge in [-0.25, -0.2) is 0 Å². The lowest BCUT2D eigenvalue weighted by molar-refractivity contribution is 0.0935. The lowest BCUT2D eigenvalue weighted by Crippen LogP contribution is -2.28. The minimum Gasteiger partial charge on any atom is -0.345 e. The van der Waals surface area contributed by atoms with Crippen molar-refractivity contribution in [3.63, 3.8) is 0 Å². The van der Waals surface area contributed by atoms with Crippen LogP contribution < -0.4 is 5.32 Å². The first kappa shape index (κ1) is 14.8. The maximum absolute atomic E-state index is 12.3. The highest BCUT2D eigenvalue weighted by Gasteiger charge is 2.13. The van der Waals surface area contributed by atoms with Gasteiger partial charge in [0.25, 0.3) is 5.91 Å². The average Bonchev–Trinajstić information content (AvgIpc) is 2.53. The Morgan fingerprint density at radius 3 is 2.29 bits per heavy atom. The molecular weight excluding hydrogens is 260 g/mol. The summed E-state index contributed by atoms with van der Waals surface area (Å²) in [4.78, 5) is 12.3. The van der Waals surface area contributed by atoms with E-state index in [0.717, 1.165) is 12.0 Å². The zero-order valence-corrected chi connectivity index (χ0v) is 12.3. The molecule has 0 aliphatic heterocycles. The van der Waals surface area contributed by atoms with Gasteiger partial charge in [-0.1, -0.05) is 36.8 Å². The molecule has 2 aromatic carbocycles. The standard InChI is InChI=1S/C18H18N2O/c1-3-17(15-8-4-13(2)5-9-15)20-18(21)16-10-6-14(12-19)7-11-16/h4-11,17H,3H2,1-2H3,(H,20,21)/t17-/m1/s1. The molecule has 0 saturated heterocycles. The van der Waals surface area contributed by atoms with Gasteiger partial charge in [0, 0.05) is 5.56 Å². The first-order valence-corrected chi connectivity index (χ1v) is 7.01. The van der Waals surface area contributed by atoms with E-state index in [1.54, 1.807) is 24.3 Å². The van der Waals surface area contributed by atoms with Crippen molar-refractivity contribution in [3.8, 4) is 6.07 Å². The van der Waals surface area contributed by atoms with Crippen LogP contribution in [0.5, 0.6) is 0 Å². The summed E-state index contributed by atoms with van der Waals surface area (Å²) in [5.74, 6) is -0.119. The Morgan fingerprint density at radius 1 is 1.14 bits per heavy atom. The number of carbonyl (C=O) groups excluding carboxylic acids is 1. The zero-order chi connectivity index (χ0) is 15.2. The lowest BCUT2D eigenvalue weighted by Gasteiger charge is -2.17. The van der Waals surface area contributed by atoms with Gasteiger partial charge in [0.2, 0.25) is 0 Å². The quantitative estimate of drug-likeness (QED) is 0.926. The Morgan fingerprint density at radius 2 is 1.76 bits per heavy atom. The van der Waals surface area contributed by atoms with Gasteiger partial charge in [-0.2, -0.15) is 5.26 Å². The largest absolute Gasteiger partial charge is 0.345 e.